The third-order valence-corrected chi connectivity index (χ3v) is 7.16. The summed E-state index contributed by atoms with van der Waals surface area (Å²) in [6.07, 6.45) is 2.41. The summed E-state index contributed by atoms with van der Waals surface area (Å²) in [7, 11) is 2.10. The van der Waals surface area contributed by atoms with Crippen molar-refractivity contribution in [2.75, 3.05) is 46.4 Å². The van der Waals surface area contributed by atoms with E-state index in [1.54, 1.807) is 0 Å². The first kappa shape index (κ1) is 25.2. The second-order valence-corrected chi connectivity index (χ2v) is 9.70. The number of carbonyl (C=O) groups excluding carboxylic acids is 1. The van der Waals surface area contributed by atoms with E-state index >= 15 is 0 Å². The van der Waals surface area contributed by atoms with Crippen LogP contribution in [0.4, 0.5) is 0 Å². The minimum absolute atomic E-state index is 0.241. The Balaban J connectivity index is 1.39. The van der Waals surface area contributed by atoms with Crippen molar-refractivity contribution in [3.05, 3.63) is 65.7 Å². The number of aliphatic carboxylic acids is 1. The van der Waals surface area contributed by atoms with Crippen molar-refractivity contribution >= 4 is 11.9 Å². The van der Waals surface area contributed by atoms with Crippen molar-refractivity contribution in [1.29, 1.82) is 0 Å². The maximum absolute atomic E-state index is 12.8. The summed E-state index contributed by atoms with van der Waals surface area (Å²) in [5.74, 6) is -1.72. The highest BCUT2D eigenvalue weighted by Crippen LogP contribution is 2.35. The zero-order valence-electron chi connectivity index (χ0n) is 20.5. The average molecular weight is 481 g/mol. The number of ether oxygens (including phenoxy) is 2. The molecule has 2 fully saturated rings. The van der Waals surface area contributed by atoms with Gasteiger partial charge in [0.1, 0.15) is 18.5 Å². The first-order valence-corrected chi connectivity index (χ1v) is 12.6. The van der Waals surface area contributed by atoms with Crippen molar-refractivity contribution in [3.8, 4) is 5.75 Å². The van der Waals surface area contributed by atoms with Gasteiger partial charge >= 0.3 is 11.9 Å². The lowest BCUT2D eigenvalue weighted by atomic mass is 9.74. The van der Waals surface area contributed by atoms with Gasteiger partial charge in [0.25, 0.3) is 0 Å². The van der Waals surface area contributed by atoms with Crippen LogP contribution >= 0.6 is 0 Å². The molecule has 1 saturated carbocycles. The fourth-order valence-electron chi connectivity index (χ4n) is 4.73. The lowest BCUT2D eigenvalue weighted by Crippen LogP contribution is -2.49. The van der Waals surface area contributed by atoms with Gasteiger partial charge < -0.3 is 19.5 Å². The first-order chi connectivity index (χ1) is 17.0. The Kier molecular flexibility index (Phi) is 8.77. The molecule has 188 valence electrons. The molecule has 1 aliphatic carbocycles. The minimum atomic E-state index is -0.919. The number of carboxylic acid groups (broad SMARTS) is 1. The predicted octanol–water partition coefficient (Wildman–Crippen LogP) is 3.12. The summed E-state index contributed by atoms with van der Waals surface area (Å²) in [5, 5.41) is 9.34. The summed E-state index contributed by atoms with van der Waals surface area (Å²) in [5.41, 5.74) is 2.39. The molecule has 35 heavy (non-hydrogen) atoms. The quantitative estimate of drug-likeness (QED) is 0.495. The molecule has 0 radical (unpaired) electrons. The number of carbonyl (C=O) groups is 2. The van der Waals surface area contributed by atoms with Gasteiger partial charge in [-0.3, -0.25) is 14.5 Å². The Morgan fingerprint density at radius 3 is 2.31 bits per heavy atom. The van der Waals surface area contributed by atoms with Crippen LogP contribution in [0.5, 0.6) is 5.75 Å². The molecule has 0 bridgehead atoms. The number of hydrogen-bond acceptors (Lipinski definition) is 6. The molecule has 3 unspecified atom stereocenters. The van der Waals surface area contributed by atoms with Gasteiger partial charge in [-0.25, -0.2) is 0 Å². The number of carboxylic acids is 1. The normalized spacial score (nSPS) is 21.6. The van der Waals surface area contributed by atoms with Crippen molar-refractivity contribution in [2.45, 2.75) is 31.8 Å². The van der Waals surface area contributed by atoms with Gasteiger partial charge in [0.15, 0.2) is 0 Å². The molecule has 1 aliphatic heterocycles. The van der Waals surface area contributed by atoms with E-state index in [0.29, 0.717) is 19.4 Å². The van der Waals surface area contributed by atoms with Gasteiger partial charge in [-0.1, -0.05) is 48.5 Å². The molecule has 0 spiro atoms. The van der Waals surface area contributed by atoms with Gasteiger partial charge in [-0.05, 0) is 49.9 Å². The van der Waals surface area contributed by atoms with Crippen molar-refractivity contribution in [2.24, 2.45) is 11.8 Å². The van der Waals surface area contributed by atoms with Crippen LogP contribution in [0.1, 0.15) is 24.0 Å². The molecule has 7 nitrogen and oxygen atoms in total. The Hall–Kier alpha value is -2.90. The Bertz CT molecular complexity index is 974. The van der Waals surface area contributed by atoms with E-state index in [2.05, 4.69) is 35.0 Å². The van der Waals surface area contributed by atoms with E-state index in [4.69, 9.17) is 9.47 Å². The standard InChI is InChI=1S/C28H36N2O5/c1-29-15-17-30(18-16-29)19-23(35-28(33)25-14-13-24(25)27(31)32)20-34-26-10-6-5-9-22(26)12-11-21-7-3-2-4-8-21/h2-10,23-25H,11-20H2,1H3,(H,31,32). The molecule has 2 aromatic carbocycles. The number of nitrogens with zero attached hydrogens (tertiary/aromatic N) is 2. The zero-order valence-corrected chi connectivity index (χ0v) is 20.5. The molecule has 1 saturated heterocycles. The number of likely N-dealkylation sites (N-methyl/N-ethyl adjacent to an activating group) is 1. The molecule has 2 aliphatic rings. The third-order valence-electron chi connectivity index (χ3n) is 7.16. The van der Waals surface area contributed by atoms with E-state index < -0.39 is 29.9 Å². The molecule has 0 aromatic heterocycles. The van der Waals surface area contributed by atoms with Gasteiger partial charge in [0.2, 0.25) is 0 Å². The van der Waals surface area contributed by atoms with Crippen molar-refractivity contribution in [3.63, 3.8) is 0 Å². The van der Waals surface area contributed by atoms with E-state index in [9.17, 15) is 14.7 Å². The third kappa shape index (κ3) is 7.05. The summed E-state index contributed by atoms with van der Waals surface area (Å²) in [6.45, 7) is 4.56. The maximum Gasteiger partial charge on any atom is 0.310 e. The van der Waals surface area contributed by atoms with E-state index in [-0.39, 0.29) is 6.61 Å². The maximum atomic E-state index is 12.8. The van der Waals surface area contributed by atoms with Gasteiger partial charge in [-0.2, -0.15) is 0 Å². The fraction of sp³-hybridized carbons (Fsp3) is 0.500. The lowest BCUT2D eigenvalue weighted by Gasteiger charge is -2.36. The van der Waals surface area contributed by atoms with Crippen molar-refractivity contribution < 1.29 is 24.2 Å². The molecular weight excluding hydrogens is 444 g/mol. The second kappa shape index (κ2) is 12.2. The molecule has 2 aromatic rings. The SMILES string of the molecule is CN1CCN(CC(COc2ccccc2CCc2ccccc2)OC(=O)C2CCC2C(=O)O)CC1. The molecule has 0 amide bonds. The summed E-state index contributed by atoms with van der Waals surface area (Å²) < 4.78 is 12.1. The van der Waals surface area contributed by atoms with Crippen LogP contribution in [0, 0.1) is 11.8 Å². The van der Waals surface area contributed by atoms with Crippen LogP contribution in [-0.2, 0) is 27.2 Å². The van der Waals surface area contributed by atoms with E-state index in [1.165, 1.54) is 5.56 Å². The number of rotatable bonds is 11. The van der Waals surface area contributed by atoms with Crippen LogP contribution in [0.25, 0.3) is 0 Å². The Morgan fingerprint density at radius 1 is 0.943 bits per heavy atom. The minimum Gasteiger partial charge on any atom is -0.489 e. The monoisotopic (exact) mass is 480 g/mol. The summed E-state index contributed by atoms with van der Waals surface area (Å²) in [6, 6.07) is 18.4. The van der Waals surface area contributed by atoms with Gasteiger partial charge in [0, 0.05) is 32.7 Å². The molecule has 3 atom stereocenters. The molecule has 1 heterocycles. The molecular formula is C28H36N2O5. The topological polar surface area (TPSA) is 79.3 Å². The van der Waals surface area contributed by atoms with E-state index in [0.717, 1.165) is 50.3 Å². The highest BCUT2D eigenvalue weighted by Gasteiger charge is 2.43. The Labute approximate surface area is 207 Å². The van der Waals surface area contributed by atoms with E-state index in [1.807, 2.05) is 36.4 Å². The van der Waals surface area contributed by atoms with Crippen LogP contribution in [0.15, 0.2) is 54.6 Å². The Morgan fingerprint density at radius 2 is 1.63 bits per heavy atom. The highest BCUT2D eigenvalue weighted by molar-refractivity contribution is 5.83. The molecule has 7 heteroatoms. The number of piperazine rings is 1. The number of para-hydroxylation sites is 1. The van der Waals surface area contributed by atoms with Crippen LogP contribution in [0.3, 0.4) is 0 Å². The lowest BCUT2D eigenvalue weighted by molar-refractivity contribution is -0.170. The number of benzene rings is 2. The fourth-order valence-corrected chi connectivity index (χ4v) is 4.73. The van der Waals surface area contributed by atoms with Gasteiger partial charge in [0.05, 0.1) is 11.8 Å². The zero-order chi connectivity index (χ0) is 24.6. The second-order valence-electron chi connectivity index (χ2n) is 9.70. The number of hydrogen-bond donors (Lipinski definition) is 1. The number of esters is 1. The van der Waals surface area contributed by atoms with Crippen molar-refractivity contribution in [1.82, 2.24) is 9.80 Å². The molecule has 1 N–H and O–H groups in total. The first-order valence-electron chi connectivity index (χ1n) is 12.6. The van der Waals surface area contributed by atoms with Crippen LogP contribution in [0.2, 0.25) is 0 Å². The van der Waals surface area contributed by atoms with Crippen LogP contribution in [-0.4, -0.2) is 79.3 Å². The summed E-state index contributed by atoms with van der Waals surface area (Å²) >= 11 is 0. The summed E-state index contributed by atoms with van der Waals surface area (Å²) in [4.78, 5) is 28.8. The van der Waals surface area contributed by atoms with Gasteiger partial charge in [-0.15, -0.1) is 0 Å². The van der Waals surface area contributed by atoms with Crippen LogP contribution < -0.4 is 4.74 Å². The predicted molar refractivity (Wildman–Crippen MR) is 133 cm³/mol. The average Bonchev–Trinajstić information content (AvgIpc) is 2.82. The highest BCUT2D eigenvalue weighted by atomic mass is 16.6. The largest absolute Gasteiger partial charge is 0.489 e. The molecule has 4 rings (SSSR count). The smallest absolute Gasteiger partial charge is 0.310 e. The number of aryl methyl sites for hydroxylation is 2.